The largest absolute Gasteiger partial charge is 0.454 e. The van der Waals surface area contributed by atoms with Gasteiger partial charge in [0.2, 0.25) is 24.4 Å². The van der Waals surface area contributed by atoms with E-state index < -0.39 is 0 Å². The summed E-state index contributed by atoms with van der Waals surface area (Å²) >= 11 is 0. The molecule has 3 aromatic rings. The van der Waals surface area contributed by atoms with Gasteiger partial charge in [-0.2, -0.15) is 4.98 Å². The summed E-state index contributed by atoms with van der Waals surface area (Å²) in [5.74, 6) is 2.48. The Morgan fingerprint density at radius 2 is 1.83 bits per heavy atom. The van der Waals surface area contributed by atoms with Crippen molar-refractivity contribution in [3.8, 4) is 22.9 Å². The molecule has 2 heterocycles. The third kappa shape index (κ3) is 4.74. The molecule has 0 atom stereocenters. The van der Waals surface area contributed by atoms with Crippen molar-refractivity contribution in [2.45, 2.75) is 32.6 Å². The number of amides is 1. The number of hydrogen-bond donors (Lipinski definition) is 1. The standard InChI is InChI=1S/C22H23N3O4/c1-2-15-3-6-17(7-4-15)22-24-21(29-25-22)10-9-20(26)23-12-11-16-5-8-18-19(13-16)28-14-27-18/h3-8,13H,2,9-12,14H2,1H3,(H,23,26). The zero-order chi connectivity index (χ0) is 20.1. The number of aryl methyl sites for hydroxylation is 2. The molecule has 0 radical (unpaired) electrons. The highest BCUT2D eigenvalue weighted by Gasteiger charge is 2.14. The molecular formula is C22H23N3O4. The van der Waals surface area contributed by atoms with Gasteiger partial charge in [-0.3, -0.25) is 4.79 Å². The molecule has 0 bridgehead atoms. The Bertz CT molecular complexity index is 982. The molecule has 0 saturated heterocycles. The summed E-state index contributed by atoms with van der Waals surface area (Å²) in [6, 6.07) is 13.9. The number of nitrogens with zero attached hydrogens (tertiary/aromatic N) is 2. The first kappa shape index (κ1) is 19.0. The molecule has 7 heteroatoms. The Morgan fingerprint density at radius 3 is 2.66 bits per heavy atom. The minimum Gasteiger partial charge on any atom is -0.454 e. The number of carbonyl (C=O) groups is 1. The van der Waals surface area contributed by atoms with Gasteiger partial charge < -0.3 is 19.3 Å². The van der Waals surface area contributed by atoms with Crippen LogP contribution in [-0.2, 0) is 24.1 Å². The second-order valence-electron chi connectivity index (χ2n) is 6.85. The Kier molecular flexibility index (Phi) is 5.74. The fourth-order valence-corrected chi connectivity index (χ4v) is 3.11. The average molecular weight is 393 g/mol. The van der Waals surface area contributed by atoms with Gasteiger partial charge in [0.15, 0.2) is 11.5 Å². The molecule has 29 heavy (non-hydrogen) atoms. The lowest BCUT2D eigenvalue weighted by atomic mass is 10.1. The Morgan fingerprint density at radius 1 is 1.03 bits per heavy atom. The van der Waals surface area contributed by atoms with Crippen molar-refractivity contribution in [2.75, 3.05) is 13.3 Å². The number of carbonyl (C=O) groups excluding carboxylic acids is 1. The van der Waals surface area contributed by atoms with Crippen molar-refractivity contribution in [2.24, 2.45) is 0 Å². The van der Waals surface area contributed by atoms with E-state index in [9.17, 15) is 4.79 Å². The summed E-state index contributed by atoms with van der Waals surface area (Å²) in [7, 11) is 0. The van der Waals surface area contributed by atoms with Gasteiger partial charge in [0.25, 0.3) is 0 Å². The maximum Gasteiger partial charge on any atom is 0.231 e. The number of benzene rings is 2. The SMILES string of the molecule is CCc1ccc(-c2noc(CCC(=O)NCCc3ccc4c(c3)OCO4)n2)cc1. The highest BCUT2D eigenvalue weighted by Crippen LogP contribution is 2.32. The van der Waals surface area contributed by atoms with Crippen LogP contribution >= 0.6 is 0 Å². The van der Waals surface area contributed by atoms with E-state index in [0.29, 0.717) is 31.1 Å². The number of rotatable bonds is 8. The van der Waals surface area contributed by atoms with E-state index in [4.69, 9.17) is 14.0 Å². The smallest absolute Gasteiger partial charge is 0.231 e. The third-order valence-corrected chi connectivity index (χ3v) is 4.83. The van der Waals surface area contributed by atoms with Gasteiger partial charge in [0.05, 0.1) is 0 Å². The average Bonchev–Trinajstić information content (AvgIpc) is 3.41. The molecule has 150 valence electrons. The van der Waals surface area contributed by atoms with Crippen LogP contribution in [0.2, 0.25) is 0 Å². The molecule has 0 spiro atoms. The lowest BCUT2D eigenvalue weighted by Crippen LogP contribution is -2.25. The van der Waals surface area contributed by atoms with Crippen molar-refractivity contribution in [1.29, 1.82) is 0 Å². The number of nitrogens with one attached hydrogen (secondary N) is 1. The number of fused-ring (bicyclic) bond motifs is 1. The van der Waals surface area contributed by atoms with E-state index in [1.807, 2.05) is 30.3 Å². The molecule has 0 saturated carbocycles. The van der Waals surface area contributed by atoms with Crippen molar-refractivity contribution in [1.82, 2.24) is 15.5 Å². The van der Waals surface area contributed by atoms with Crippen LogP contribution in [0.3, 0.4) is 0 Å². The molecule has 0 fully saturated rings. The lowest BCUT2D eigenvalue weighted by Gasteiger charge is -2.05. The van der Waals surface area contributed by atoms with Crippen LogP contribution in [-0.4, -0.2) is 29.4 Å². The van der Waals surface area contributed by atoms with Gasteiger partial charge >= 0.3 is 0 Å². The molecule has 0 aliphatic carbocycles. The fourth-order valence-electron chi connectivity index (χ4n) is 3.11. The van der Waals surface area contributed by atoms with Crippen LogP contribution in [0.15, 0.2) is 47.0 Å². The topological polar surface area (TPSA) is 86.5 Å². The van der Waals surface area contributed by atoms with Gasteiger partial charge in [0.1, 0.15) is 0 Å². The van der Waals surface area contributed by atoms with Gasteiger partial charge in [-0.1, -0.05) is 42.4 Å². The molecule has 1 amide bonds. The zero-order valence-corrected chi connectivity index (χ0v) is 16.3. The maximum atomic E-state index is 12.1. The lowest BCUT2D eigenvalue weighted by molar-refractivity contribution is -0.121. The summed E-state index contributed by atoms with van der Waals surface area (Å²) in [6.07, 6.45) is 2.43. The molecule has 1 N–H and O–H groups in total. The normalized spacial score (nSPS) is 12.2. The van der Waals surface area contributed by atoms with Crippen molar-refractivity contribution >= 4 is 5.91 Å². The van der Waals surface area contributed by atoms with E-state index in [0.717, 1.165) is 35.5 Å². The zero-order valence-electron chi connectivity index (χ0n) is 16.3. The van der Waals surface area contributed by atoms with Crippen LogP contribution in [0.5, 0.6) is 11.5 Å². The fraction of sp³-hybridized carbons (Fsp3) is 0.318. The predicted molar refractivity (Wildman–Crippen MR) is 107 cm³/mol. The van der Waals surface area contributed by atoms with Crippen molar-refractivity contribution in [3.05, 3.63) is 59.5 Å². The minimum absolute atomic E-state index is 0.0437. The first-order valence-electron chi connectivity index (χ1n) is 9.78. The van der Waals surface area contributed by atoms with Crippen molar-refractivity contribution < 1.29 is 18.8 Å². The highest BCUT2D eigenvalue weighted by atomic mass is 16.7. The first-order valence-corrected chi connectivity index (χ1v) is 9.78. The molecule has 1 aromatic heterocycles. The Hall–Kier alpha value is -3.35. The van der Waals surface area contributed by atoms with E-state index >= 15 is 0 Å². The second kappa shape index (κ2) is 8.77. The summed E-state index contributed by atoms with van der Waals surface area (Å²) in [5.41, 5.74) is 3.26. The van der Waals surface area contributed by atoms with Gasteiger partial charge in [-0.05, 0) is 36.1 Å². The molecular weight excluding hydrogens is 370 g/mol. The maximum absolute atomic E-state index is 12.1. The van der Waals surface area contributed by atoms with Crippen LogP contribution < -0.4 is 14.8 Å². The van der Waals surface area contributed by atoms with E-state index in [2.05, 4.69) is 34.5 Å². The molecule has 1 aliphatic heterocycles. The second-order valence-corrected chi connectivity index (χ2v) is 6.85. The predicted octanol–water partition coefficient (Wildman–Crippen LogP) is 3.32. The quantitative estimate of drug-likeness (QED) is 0.632. The van der Waals surface area contributed by atoms with Gasteiger partial charge in [0, 0.05) is 24.9 Å². The van der Waals surface area contributed by atoms with E-state index in [1.54, 1.807) is 0 Å². The Labute approximate surface area is 169 Å². The van der Waals surface area contributed by atoms with Crippen LogP contribution in [0.4, 0.5) is 0 Å². The number of hydrogen-bond acceptors (Lipinski definition) is 6. The monoisotopic (exact) mass is 393 g/mol. The number of aromatic nitrogens is 2. The van der Waals surface area contributed by atoms with E-state index in [1.165, 1.54) is 5.56 Å². The molecule has 2 aromatic carbocycles. The number of ether oxygens (including phenoxy) is 2. The summed E-state index contributed by atoms with van der Waals surface area (Å²) in [6.45, 7) is 2.93. The highest BCUT2D eigenvalue weighted by molar-refractivity contribution is 5.76. The van der Waals surface area contributed by atoms with E-state index in [-0.39, 0.29) is 12.7 Å². The molecule has 4 rings (SSSR count). The van der Waals surface area contributed by atoms with Crippen LogP contribution in [0.1, 0.15) is 30.4 Å². The summed E-state index contributed by atoms with van der Waals surface area (Å²) < 4.78 is 15.9. The molecule has 0 unspecified atom stereocenters. The van der Waals surface area contributed by atoms with Gasteiger partial charge in [-0.15, -0.1) is 0 Å². The first-order chi connectivity index (χ1) is 14.2. The summed E-state index contributed by atoms with van der Waals surface area (Å²) in [4.78, 5) is 16.5. The molecule has 7 nitrogen and oxygen atoms in total. The van der Waals surface area contributed by atoms with Crippen LogP contribution in [0, 0.1) is 0 Å². The molecule has 1 aliphatic rings. The third-order valence-electron chi connectivity index (χ3n) is 4.83. The summed E-state index contributed by atoms with van der Waals surface area (Å²) in [5, 5.41) is 6.93. The Balaban J connectivity index is 1.22. The van der Waals surface area contributed by atoms with Crippen LogP contribution in [0.25, 0.3) is 11.4 Å². The minimum atomic E-state index is -0.0437. The van der Waals surface area contributed by atoms with Gasteiger partial charge in [-0.25, -0.2) is 0 Å². The van der Waals surface area contributed by atoms with Crippen molar-refractivity contribution in [3.63, 3.8) is 0 Å².